The molecule has 116 valence electrons. The highest BCUT2D eigenvalue weighted by Gasteiger charge is 2.33. The topological polar surface area (TPSA) is 32.3 Å². The van der Waals surface area contributed by atoms with Crippen LogP contribution in [-0.2, 0) is 11.0 Å². The van der Waals surface area contributed by atoms with Gasteiger partial charge < -0.3 is 10.2 Å². The first-order valence-corrected chi connectivity index (χ1v) is 7.03. The number of hydrogen-bond acceptors (Lipinski definition) is 2. The SMILES string of the molecule is CCN(C(=O)C1CNC1)C(C)c1cccc(C(F)(F)F)c1. The van der Waals surface area contributed by atoms with E-state index in [9.17, 15) is 18.0 Å². The average molecular weight is 300 g/mol. The van der Waals surface area contributed by atoms with Crippen LogP contribution in [0.15, 0.2) is 24.3 Å². The molecule has 0 aromatic heterocycles. The van der Waals surface area contributed by atoms with Crippen molar-refractivity contribution >= 4 is 5.91 Å². The van der Waals surface area contributed by atoms with Crippen LogP contribution >= 0.6 is 0 Å². The molecule has 1 unspecified atom stereocenters. The maximum atomic E-state index is 12.8. The summed E-state index contributed by atoms with van der Waals surface area (Å²) in [4.78, 5) is 14.0. The second-order valence-corrected chi connectivity index (χ2v) is 5.28. The molecular weight excluding hydrogens is 281 g/mol. The van der Waals surface area contributed by atoms with Gasteiger partial charge in [0, 0.05) is 19.6 Å². The summed E-state index contributed by atoms with van der Waals surface area (Å²) in [6.45, 7) is 5.37. The summed E-state index contributed by atoms with van der Waals surface area (Å²) in [7, 11) is 0. The molecule has 21 heavy (non-hydrogen) atoms. The van der Waals surface area contributed by atoms with E-state index in [1.807, 2.05) is 6.92 Å². The Balaban J connectivity index is 2.21. The maximum absolute atomic E-state index is 12.8. The molecule has 1 atom stereocenters. The number of alkyl halides is 3. The van der Waals surface area contributed by atoms with E-state index in [0.717, 1.165) is 12.1 Å². The van der Waals surface area contributed by atoms with E-state index in [2.05, 4.69) is 5.32 Å². The van der Waals surface area contributed by atoms with Gasteiger partial charge in [-0.15, -0.1) is 0 Å². The highest BCUT2D eigenvalue weighted by atomic mass is 19.4. The molecule has 1 N–H and O–H groups in total. The third-order valence-corrected chi connectivity index (χ3v) is 3.92. The van der Waals surface area contributed by atoms with Gasteiger partial charge in [0.25, 0.3) is 0 Å². The Kier molecular flexibility index (Phi) is 4.56. The molecule has 0 spiro atoms. The van der Waals surface area contributed by atoms with Crippen molar-refractivity contribution in [1.82, 2.24) is 10.2 Å². The van der Waals surface area contributed by atoms with Crippen LogP contribution in [-0.4, -0.2) is 30.4 Å². The minimum Gasteiger partial charge on any atom is -0.336 e. The third-order valence-electron chi connectivity index (χ3n) is 3.92. The second-order valence-electron chi connectivity index (χ2n) is 5.28. The quantitative estimate of drug-likeness (QED) is 0.927. The molecule has 3 nitrogen and oxygen atoms in total. The van der Waals surface area contributed by atoms with E-state index in [-0.39, 0.29) is 17.9 Å². The molecule has 1 aliphatic heterocycles. The fourth-order valence-electron chi connectivity index (χ4n) is 2.47. The van der Waals surface area contributed by atoms with Crippen molar-refractivity contribution < 1.29 is 18.0 Å². The first-order valence-electron chi connectivity index (χ1n) is 7.03. The molecule has 0 aliphatic carbocycles. The Morgan fingerprint density at radius 3 is 2.57 bits per heavy atom. The molecule has 1 fully saturated rings. The molecule has 0 bridgehead atoms. The van der Waals surface area contributed by atoms with E-state index in [1.54, 1.807) is 17.9 Å². The zero-order valence-electron chi connectivity index (χ0n) is 12.1. The van der Waals surface area contributed by atoms with Crippen LogP contribution in [0.2, 0.25) is 0 Å². The second kappa shape index (κ2) is 6.05. The van der Waals surface area contributed by atoms with Crippen LogP contribution in [0.1, 0.15) is 31.0 Å². The highest BCUT2D eigenvalue weighted by Crippen LogP contribution is 2.32. The van der Waals surface area contributed by atoms with Crippen molar-refractivity contribution in [2.45, 2.75) is 26.1 Å². The first kappa shape index (κ1) is 15.8. The molecular formula is C15H19F3N2O. The van der Waals surface area contributed by atoms with Gasteiger partial charge in [0.1, 0.15) is 0 Å². The van der Waals surface area contributed by atoms with Gasteiger partial charge >= 0.3 is 6.18 Å². The fourth-order valence-corrected chi connectivity index (χ4v) is 2.47. The normalized spacial score (nSPS) is 17.2. The monoisotopic (exact) mass is 300 g/mol. The van der Waals surface area contributed by atoms with E-state index >= 15 is 0 Å². The van der Waals surface area contributed by atoms with Gasteiger partial charge in [-0.05, 0) is 31.5 Å². The van der Waals surface area contributed by atoms with Gasteiger partial charge in [0.15, 0.2) is 0 Å². The van der Waals surface area contributed by atoms with Gasteiger partial charge in [0.2, 0.25) is 5.91 Å². The van der Waals surface area contributed by atoms with Crippen LogP contribution in [0.3, 0.4) is 0 Å². The maximum Gasteiger partial charge on any atom is 0.416 e. The predicted octanol–water partition coefficient (Wildman–Crippen LogP) is 2.83. The third kappa shape index (κ3) is 3.37. The minimum absolute atomic E-state index is 0.00108. The van der Waals surface area contributed by atoms with Gasteiger partial charge in [0.05, 0.1) is 17.5 Å². The summed E-state index contributed by atoms with van der Waals surface area (Å²) in [5, 5.41) is 3.03. The summed E-state index contributed by atoms with van der Waals surface area (Å²) in [5.74, 6) is -0.0561. The van der Waals surface area contributed by atoms with Crippen LogP contribution in [0.25, 0.3) is 0 Å². The predicted molar refractivity (Wildman–Crippen MR) is 73.6 cm³/mol. The number of hydrogen-bond donors (Lipinski definition) is 1. The Bertz CT molecular complexity index is 512. The molecule has 0 radical (unpaired) electrons. The number of halogens is 3. The van der Waals surface area contributed by atoms with Crippen molar-refractivity contribution in [3.05, 3.63) is 35.4 Å². The van der Waals surface area contributed by atoms with Crippen LogP contribution < -0.4 is 5.32 Å². The van der Waals surface area contributed by atoms with Gasteiger partial charge in [-0.2, -0.15) is 13.2 Å². The number of nitrogens with one attached hydrogen (secondary N) is 1. The summed E-state index contributed by atoms with van der Waals surface area (Å²) in [6, 6.07) is 4.82. The summed E-state index contributed by atoms with van der Waals surface area (Å²) in [5.41, 5.74) is -0.173. The van der Waals surface area contributed by atoms with Crippen molar-refractivity contribution in [2.24, 2.45) is 5.92 Å². The molecule has 6 heteroatoms. The number of nitrogens with zero attached hydrogens (tertiary/aromatic N) is 1. The summed E-state index contributed by atoms with van der Waals surface area (Å²) < 4.78 is 38.3. The standard InChI is InChI=1S/C15H19F3N2O/c1-3-20(14(21)12-8-19-9-12)10(2)11-5-4-6-13(7-11)15(16,17)18/h4-7,10,12,19H,3,8-9H2,1-2H3. The zero-order valence-corrected chi connectivity index (χ0v) is 12.1. The van der Waals surface area contributed by atoms with E-state index in [0.29, 0.717) is 25.2 Å². The largest absolute Gasteiger partial charge is 0.416 e. The zero-order chi connectivity index (χ0) is 15.6. The van der Waals surface area contributed by atoms with E-state index < -0.39 is 11.7 Å². The number of benzene rings is 1. The van der Waals surface area contributed by atoms with Crippen LogP contribution in [0.4, 0.5) is 13.2 Å². The number of rotatable bonds is 4. The molecule has 1 heterocycles. The summed E-state index contributed by atoms with van der Waals surface area (Å²) in [6.07, 6.45) is -4.37. The Morgan fingerprint density at radius 2 is 2.10 bits per heavy atom. The average Bonchev–Trinajstić information content (AvgIpc) is 2.36. The number of amides is 1. The minimum atomic E-state index is -4.37. The number of carbonyl (C=O) groups is 1. The molecule has 1 amide bonds. The van der Waals surface area contributed by atoms with Crippen molar-refractivity contribution in [1.29, 1.82) is 0 Å². The lowest BCUT2D eigenvalue weighted by molar-refractivity contribution is -0.139. The van der Waals surface area contributed by atoms with Crippen LogP contribution in [0, 0.1) is 5.92 Å². The smallest absolute Gasteiger partial charge is 0.336 e. The van der Waals surface area contributed by atoms with Crippen molar-refractivity contribution in [3.8, 4) is 0 Å². The lowest BCUT2D eigenvalue weighted by Gasteiger charge is -2.35. The first-order chi connectivity index (χ1) is 9.84. The van der Waals surface area contributed by atoms with Gasteiger partial charge in [-0.25, -0.2) is 0 Å². The lowest BCUT2D eigenvalue weighted by Crippen LogP contribution is -2.52. The molecule has 0 saturated carbocycles. The molecule has 1 aliphatic rings. The molecule has 1 aromatic carbocycles. The van der Waals surface area contributed by atoms with Crippen molar-refractivity contribution in [2.75, 3.05) is 19.6 Å². The van der Waals surface area contributed by atoms with Crippen molar-refractivity contribution in [3.63, 3.8) is 0 Å². The summed E-state index contributed by atoms with van der Waals surface area (Å²) >= 11 is 0. The van der Waals surface area contributed by atoms with Crippen LogP contribution in [0.5, 0.6) is 0 Å². The highest BCUT2D eigenvalue weighted by molar-refractivity contribution is 5.80. The molecule has 1 aromatic rings. The van der Waals surface area contributed by atoms with E-state index in [1.165, 1.54) is 6.07 Å². The number of carbonyl (C=O) groups excluding carboxylic acids is 1. The molecule has 1 saturated heterocycles. The Hall–Kier alpha value is -1.56. The Morgan fingerprint density at radius 1 is 1.43 bits per heavy atom. The fraction of sp³-hybridized carbons (Fsp3) is 0.533. The molecule has 2 rings (SSSR count). The van der Waals surface area contributed by atoms with Gasteiger partial charge in [-0.1, -0.05) is 12.1 Å². The lowest BCUT2D eigenvalue weighted by atomic mass is 9.98. The Labute approximate surface area is 122 Å². The van der Waals surface area contributed by atoms with Gasteiger partial charge in [-0.3, -0.25) is 4.79 Å². The van der Waals surface area contributed by atoms with E-state index in [4.69, 9.17) is 0 Å².